The van der Waals surface area contributed by atoms with Crippen LogP contribution in [0.5, 0.6) is 11.5 Å². The average Bonchev–Trinajstić information content (AvgIpc) is 3.36. The zero-order chi connectivity index (χ0) is 20.8. The van der Waals surface area contributed by atoms with Gasteiger partial charge in [0.25, 0.3) is 5.56 Å². The first-order valence-corrected chi connectivity index (χ1v) is 9.66. The number of fused-ring (bicyclic) bond motifs is 4. The van der Waals surface area contributed by atoms with E-state index in [1.54, 1.807) is 24.7 Å². The molecule has 2 aromatic carbocycles. The monoisotopic (exact) mass is 404 g/mol. The number of nitrogens with zero attached hydrogens (tertiary/aromatic N) is 3. The highest BCUT2D eigenvalue weighted by molar-refractivity contribution is 6.08. The maximum atomic E-state index is 13.0. The Hall–Kier alpha value is -3.81. The van der Waals surface area contributed by atoms with E-state index in [0.717, 1.165) is 21.9 Å². The smallest absolute Gasteiger partial charge is 0.291 e. The molecule has 0 aliphatic carbocycles. The average molecular weight is 404 g/mol. The first-order valence-electron chi connectivity index (χ1n) is 9.66. The number of ether oxygens (including phenoxy) is 2. The topological polar surface area (TPSA) is 87.4 Å². The zero-order valence-corrected chi connectivity index (χ0v) is 16.6. The van der Waals surface area contributed by atoms with Gasteiger partial charge >= 0.3 is 0 Å². The summed E-state index contributed by atoms with van der Waals surface area (Å²) in [5, 5.41) is 8.74. The summed E-state index contributed by atoms with van der Waals surface area (Å²) in [4.78, 5) is 25.9. The van der Waals surface area contributed by atoms with Gasteiger partial charge in [-0.1, -0.05) is 24.3 Å². The van der Waals surface area contributed by atoms with Crippen LogP contribution < -0.4 is 20.3 Å². The van der Waals surface area contributed by atoms with Gasteiger partial charge in [0.05, 0.1) is 11.7 Å². The fourth-order valence-corrected chi connectivity index (χ4v) is 3.90. The van der Waals surface area contributed by atoms with Gasteiger partial charge in [0, 0.05) is 24.4 Å². The molecule has 2 aromatic heterocycles. The fraction of sp³-hybridized carbons (Fsp3) is 0.227. The van der Waals surface area contributed by atoms with E-state index in [9.17, 15) is 9.59 Å². The van der Waals surface area contributed by atoms with Gasteiger partial charge in [-0.25, -0.2) is 4.68 Å². The lowest BCUT2D eigenvalue weighted by Gasteiger charge is -2.17. The molecule has 1 atom stereocenters. The molecule has 30 heavy (non-hydrogen) atoms. The Bertz CT molecular complexity index is 1350. The molecular weight excluding hydrogens is 384 g/mol. The highest BCUT2D eigenvalue weighted by Gasteiger charge is 2.23. The van der Waals surface area contributed by atoms with Crippen LogP contribution in [0.15, 0.2) is 53.5 Å². The van der Waals surface area contributed by atoms with Crippen molar-refractivity contribution in [3.63, 3.8) is 0 Å². The predicted octanol–water partition coefficient (Wildman–Crippen LogP) is 2.49. The second kappa shape index (κ2) is 6.91. The minimum atomic E-state index is -0.587. The largest absolute Gasteiger partial charge is 0.454 e. The van der Waals surface area contributed by atoms with Crippen LogP contribution in [0.3, 0.4) is 0 Å². The third-order valence-corrected chi connectivity index (χ3v) is 5.48. The Morgan fingerprint density at radius 2 is 1.97 bits per heavy atom. The molecule has 4 aromatic rings. The van der Waals surface area contributed by atoms with Crippen LogP contribution in [-0.4, -0.2) is 27.0 Å². The Morgan fingerprint density at radius 1 is 1.17 bits per heavy atom. The molecule has 0 fully saturated rings. The molecular formula is C22H20N4O4. The van der Waals surface area contributed by atoms with E-state index in [2.05, 4.69) is 10.4 Å². The number of carbonyl (C=O) groups excluding carboxylic acids is 1. The minimum absolute atomic E-state index is 0.186. The van der Waals surface area contributed by atoms with E-state index >= 15 is 0 Å². The number of hydrogen-bond donors (Lipinski definition) is 1. The van der Waals surface area contributed by atoms with Gasteiger partial charge in [-0.05, 0) is 30.7 Å². The summed E-state index contributed by atoms with van der Waals surface area (Å²) in [7, 11) is 1.61. The zero-order valence-electron chi connectivity index (χ0n) is 16.6. The molecule has 0 saturated carbocycles. The third-order valence-electron chi connectivity index (χ3n) is 5.48. The van der Waals surface area contributed by atoms with Crippen LogP contribution >= 0.6 is 0 Å². The fourth-order valence-electron chi connectivity index (χ4n) is 3.90. The summed E-state index contributed by atoms with van der Waals surface area (Å²) >= 11 is 0. The second-order valence-electron chi connectivity index (χ2n) is 7.30. The number of nitrogens with one attached hydrogen (secondary N) is 1. The molecule has 5 rings (SSSR count). The van der Waals surface area contributed by atoms with E-state index in [1.165, 1.54) is 4.68 Å². The van der Waals surface area contributed by atoms with Crippen LogP contribution in [0.25, 0.3) is 21.8 Å². The van der Waals surface area contributed by atoms with Gasteiger partial charge in [-0.2, -0.15) is 5.10 Å². The molecule has 152 valence electrons. The molecule has 0 radical (unpaired) electrons. The van der Waals surface area contributed by atoms with E-state index in [0.29, 0.717) is 23.6 Å². The summed E-state index contributed by atoms with van der Waals surface area (Å²) in [5.41, 5.74) is 1.96. The molecule has 1 N–H and O–H groups in total. The molecule has 8 nitrogen and oxygen atoms in total. The number of benzene rings is 2. The Balaban J connectivity index is 1.49. The van der Waals surface area contributed by atoms with Gasteiger partial charge in [-0.15, -0.1) is 0 Å². The number of amides is 1. The molecule has 1 unspecified atom stereocenters. The molecule has 0 saturated heterocycles. The number of carbonyl (C=O) groups is 1. The summed E-state index contributed by atoms with van der Waals surface area (Å²) < 4.78 is 13.8. The predicted molar refractivity (Wildman–Crippen MR) is 112 cm³/mol. The Labute approximate surface area is 171 Å². The first-order chi connectivity index (χ1) is 14.5. The lowest BCUT2D eigenvalue weighted by Crippen LogP contribution is -2.32. The van der Waals surface area contributed by atoms with E-state index in [-0.39, 0.29) is 18.3 Å². The molecule has 1 aliphatic rings. The molecule has 0 bridgehead atoms. The van der Waals surface area contributed by atoms with Crippen molar-refractivity contribution in [2.24, 2.45) is 7.05 Å². The van der Waals surface area contributed by atoms with Crippen molar-refractivity contribution in [2.45, 2.75) is 19.5 Å². The lowest BCUT2D eigenvalue weighted by molar-refractivity contribution is -0.123. The van der Waals surface area contributed by atoms with Crippen molar-refractivity contribution >= 4 is 27.7 Å². The van der Waals surface area contributed by atoms with Crippen molar-refractivity contribution in [1.29, 1.82) is 0 Å². The quantitative estimate of drug-likeness (QED) is 0.565. The lowest BCUT2D eigenvalue weighted by atomic mass is 10.2. The summed E-state index contributed by atoms with van der Waals surface area (Å²) in [5.74, 6) is 1.19. The summed E-state index contributed by atoms with van der Waals surface area (Å²) in [6.07, 6.45) is 1.67. The number of para-hydroxylation sites is 1. The van der Waals surface area contributed by atoms with Crippen LogP contribution in [0.1, 0.15) is 18.5 Å². The number of hydrogen-bond acceptors (Lipinski definition) is 5. The number of aryl methyl sites for hydroxylation is 1. The van der Waals surface area contributed by atoms with Crippen molar-refractivity contribution < 1.29 is 14.3 Å². The first kappa shape index (κ1) is 18.2. The Kier molecular flexibility index (Phi) is 4.20. The summed E-state index contributed by atoms with van der Waals surface area (Å²) in [6, 6.07) is 12.6. The molecule has 1 amide bonds. The van der Waals surface area contributed by atoms with Crippen LogP contribution in [0.2, 0.25) is 0 Å². The van der Waals surface area contributed by atoms with Gasteiger partial charge < -0.3 is 19.4 Å². The second-order valence-corrected chi connectivity index (χ2v) is 7.30. The Morgan fingerprint density at radius 3 is 2.83 bits per heavy atom. The van der Waals surface area contributed by atoms with Crippen molar-refractivity contribution in [3.8, 4) is 11.5 Å². The van der Waals surface area contributed by atoms with E-state index < -0.39 is 6.04 Å². The molecule has 0 spiro atoms. The van der Waals surface area contributed by atoms with Crippen molar-refractivity contribution in [2.75, 3.05) is 6.79 Å². The number of aromatic nitrogens is 3. The van der Waals surface area contributed by atoms with Gasteiger partial charge in [0.15, 0.2) is 11.5 Å². The molecule has 8 heteroatoms. The highest BCUT2D eigenvalue weighted by Crippen LogP contribution is 2.33. The van der Waals surface area contributed by atoms with Crippen LogP contribution in [0, 0.1) is 0 Å². The molecule has 3 heterocycles. The van der Waals surface area contributed by atoms with Gasteiger partial charge in [0.1, 0.15) is 11.6 Å². The third kappa shape index (κ3) is 2.80. The summed E-state index contributed by atoms with van der Waals surface area (Å²) in [6.45, 7) is 2.34. The van der Waals surface area contributed by atoms with Crippen LogP contribution in [-0.2, 0) is 18.4 Å². The van der Waals surface area contributed by atoms with Gasteiger partial charge in [-0.3, -0.25) is 9.59 Å². The minimum Gasteiger partial charge on any atom is -0.454 e. The maximum Gasteiger partial charge on any atom is 0.291 e. The van der Waals surface area contributed by atoms with Crippen molar-refractivity contribution in [3.05, 3.63) is 64.6 Å². The van der Waals surface area contributed by atoms with E-state index in [1.807, 2.05) is 42.5 Å². The van der Waals surface area contributed by atoms with Gasteiger partial charge in [0.2, 0.25) is 12.7 Å². The normalized spacial score (nSPS) is 13.7. The SMILES string of the molecule is CC(C(=O)NCc1ccc2c(c1)OCO2)n1c2ccccc2c2cnn(C)c(=O)c21. The molecule has 1 aliphatic heterocycles. The number of rotatable bonds is 4. The highest BCUT2D eigenvalue weighted by atomic mass is 16.7. The standard InChI is InChI=1S/C22H20N4O4/c1-13(21(27)23-10-14-7-8-18-19(9-14)30-12-29-18)26-17-6-4-3-5-15(17)16-11-24-25(2)22(28)20(16)26/h3-9,11,13H,10,12H2,1-2H3,(H,23,27). The van der Waals surface area contributed by atoms with Crippen LogP contribution in [0.4, 0.5) is 0 Å². The van der Waals surface area contributed by atoms with E-state index in [4.69, 9.17) is 9.47 Å². The van der Waals surface area contributed by atoms with Crippen molar-refractivity contribution in [1.82, 2.24) is 19.7 Å². The maximum absolute atomic E-state index is 13.0.